The number of hydrogen-bond acceptors (Lipinski definition) is 7. The van der Waals surface area contributed by atoms with E-state index in [-0.39, 0.29) is 17.7 Å². The summed E-state index contributed by atoms with van der Waals surface area (Å²) in [4.78, 5) is 26.2. The van der Waals surface area contributed by atoms with Gasteiger partial charge in [-0.05, 0) is 6.42 Å². The summed E-state index contributed by atoms with van der Waals surface area (Å²) in [6.07, 6.45) is 3.13. The molecule has 0 aliphatic carbocycles. The van der Waals surface area contributed by atoms with Crippen LogP contribution >= 0.6 is 0 Å². The zero-order chi connectivity index (χ0) is 15.1. The molecule has 1 saturated heterocycles. The number of amides is 1. The molecule has 8 heteroatoms. The van der Waals surface area contributed by atoms with Crippen LogP contribution in [0.4, 0.5) is 11.9 Å². The maximum absolute atomic E-state index is 12.0. The van der Waals surface area contributed by atoms with Gasteiger partial charge in [-0.25, -0.2) is 0 Å². The van der Waals surface area contributed by atoms with Gasteiger partial charge >= 0.3 is 0 Å². The number of nitrogens with one attached hydrogen (secondary N) is 1. The first kappa shape index (κ1) is 15.4. The van der Waals surface area contributed by atoms with Gasteiger partial charge in [-0.15, -0.1) is 0 Å². The molecule has 0 spiro atoms. The van der Waals surface area contributed by atoms with Crippen molar-refractivity contribution in [2.45, 2.75) is 26.2 Å². The maximum Gasteiger partial charge on any atom is 0.289 e. The first-order valence-electron chi connectivity index (χ1n) is 7.33. The Bertz CT molecular complexity index is 476. The van der Waals surface area contributed by atoms with Crippen LogP contribution in [0.2, 0.25) is 0 Å². The highest BCUT2D eigenvalue weighted by Gasteiger charge is 2.18. The fourth-order valence-corrected chi connectivity index (χ4v) is 2.04. The molecule has 2 rings (SSSR count). The molecule has 2 heterocycles. The monoisotopic (exact) mass is 294 g/mol. The lowest BCUT2D eigenvalue weighted by molar-refractivity contribution is 0.0942. The van der Waals surface area contributed by atoms with E-state index in [0.29, 0.717) is 38.8 Å². The Morgan fingerprint density at radius 3 is 2.76 bits per heavy atom. The van der Waals surface area contributed by atoms with Gasteiger partial charge in [0.15, 0.2) is 0 Å². The summed E-state index contributed by atoms with van der Waals surface area (Å²) in [7, 11) is 0. The summed E-state index contributed by atoms with van der Waals surface area (Å²) in [5, 5.41) is 2.80. The Hall–Kier alpha value is -1.96. The van der Waals surface area contributed by atoms with Crippen LogP contribution in [0.25, 0.3) is 0 Å². The third-order valence-corrected chi connectivity index (χ3v) is 3.20. The van der Waals surface area contributed by atoms with Crippen LogP contribution in [0.1, 0.15) is 36.8 Å². The number of hydrogen-bond donors (Lipinski definition) is 2. The second-order valence-electron chi connectivity index (χ2n) is 4.88. The molecule has 1 amide bonds. The number of carbonyl (C=O) groups is 1. The largest absolute Gasteiger partial charge is 0.378 e. The van der Waals surface area contributed by atoms with Crippen molar-refractivity contribution < 1.29 is 9.53 Å². The van der Waals surface area contributed by atoms with E-state index in [0.717, 1.165) is 19.3 Å². The number of nitrogen functional groups attached to an aromatic ring is 1. The first-order valence-corrected chi connectivity index (χ1v) is 7.33. The van der Waals surface area contributed by atoms with Crippen molar-refractivity contribution in [3.63, 3.8) is 0 Å². The van der Waals surface area contributed by atoms with Crippen LogP contribution in [-0.2, 0) is 4.74 Å². The van der Waals surface area contributed by atoms with Gasteiger partial charge in [0, 0.05) is 19.6 Å². The molecule has 1 aliphatic heterocycles. The molecule has 1 aliphatic rings. The fourth-order valence-electron chi connectivity index (χ4n) is 2.04. The number of unbranched alkanes of at least 4 members (excludes halogenated alkanes) is 2. The molecule has 1 aromatic rings. The van der Waals surface area contributed by atoms with Gasteiger partial charge < -0.3 is 20.7 Å². The third-order valence-electron chi connectivity index (χ3n) is 3.20. The van der Waals surface area contributed by atoms with Gasteiger partial charge in [0.05, 0.1) is 13.2 Å². The molecular formula is C13H22N6O2. The van der Waals surface area contributed by atoms with Gasteiger partial charge in [0.25, 0.3) is 5.91 Å². The number of morpholine rings is 1. The minimum Gasteiger partial charge on any atom is -0.378 e. The molecule has 0 radical (unpaired) electrons. The summed E-state index contributed by atoms with van der Waals surface area (Å²) in [5.74, 6) is 0.255. The van der Waals surface area contributed by atoms with Gasteiger partial charge in [0.2, 0.25) is 17.7 Å². The summed E-state index contributed by atoms with van der Waals surface area (Å²) in [5.41, 5.74) is 5.68. The molecule has 1 aromatic heterocycles. The molecule has 3 N–H and O–H groups in total. The SMILES string of the molecule is CCCCCNC(=O)c1nc(N)nc(N2CCOCC2)n1. The Kier molecular flexibility index (Phi) is 5.68. The molecule has 0 unspecified atom stereocenters. The second kappa shape index (κ2) is 7.72. The molecule has 0 atom stereocenters. The van der Waals surface area contributed by atoms with Crippen LogP contribution in [-0.4, -0.2) is 53.7 Å². The number of nitrogens with zero attached hydrogens (tertiary/aromatic N) is 4. The molecule has 0 bridgehead atoms. The van der Waals surface area contributed by atoms with Crippen LogP contribution in [0.5, 0.6) is 0 Å². The summed E-state index contributed by atoms with van der Waals surface area (Å²) >= 11 is 0. The van der Waals surface area contributed by atoms with E-state index in [4.69, 9.17) is 10.5 Å². The van der Waals surface area contributed by atoms with E-state index in [1.165, 1.54) is 0 Å². The smallest absolute Gasteiger partial charge is 0.289 e. The average molecular weight is 294 g/mol. The zero-order valence-electron chi connectivity index (χ0n) is 12.3. The van der Waals surface area contributed by atoms with Gasteiger partial charge in [-0.3, -0.25) is 4.79 Å². The van der Waals surface area contributed by atoms with Crippen LogP contribution in [0.15, 0.2) is 0 Å². The van der Waals surface area contributed by atoms with Crippen molar-refractivity contribution >= 4 is 17.8 Å². The van der Waals surface area contributed by atoms with Crippen molar-refractivity contribution in [1.29, 1.82) is 0 Å². The third kappa shape index (κ3) is 4.52. The van der Waals surface area contributed by atoms with Crippen molar-refractivity contribution in [2.24, 2.45) is 0 Å². The van der Waals surface area contributed by atoms with Gasteiger partial charge in [-0.1, -0.05) is 19.8 Å². The molecule has 0 aromatic carbocycles. The Labute approximate surface area is 124 Å². The highest BCUT2D eigenvalue weighted by molar-refractivity contribution is 5.90. The Morgan fingerprint density at radius 2 is 2.05 bits per heavy atom. The molecule has 116 valence electrons. The van der Waals surface area contributed by atoms with E-state index in [2.05, 4.69) is 27.2 Å². The molecule has 0 saturated carbocycles. The zero-order valence-corrected chi connectivity index (χ0v) is 12.3. The van der Waals surface area contributed by atoms with Crippen molar-refractivity contribution in [3.8, 4) is 0 Å². The van der Waals surface area contributed by atoms with E-state index < -0.39 is 0 Å². The number of ether oxygens (including phenoxy) is 1. The highest BCUT2D eigenvalue weighted by Crippen LogP contribution is 2.11. The predicted molar refractivity (Wildman–Crippen MR) is 79.1 cm³/mol. The summed E-state index contributed by atoms with van der Waals surface area (Å²) < 4.78 is 5.28. The number of nitrogens with two attached hydrogens (primary N) is 1. The Morgan fingerprint density at radius 1 is 1.29 bits per heavy atom. The minimum atomic E-state index is -0.310. The average Bonchev–Trinajstić information content (AvgIpc) is 2.51. The standard InChI is InChI=1S/C13H22N6O2/c1-2-3-4-5-15-11(20)10-16-12(14)18-13(17-10)19-6-8-21-9-7-19/h2-9H2,1H3,(H,15,20)(H2,14,16,17,18). The van der Waals surface area contributed by atoms with E-state index in [1.807, 2.05) is 4.90 Å². The first-order chi connectivity index (χ1) is 10.2. The summed E-state index contributed by atoms with van der Waals surface area (Å²) in [6.45, 7) is 5.32. The Balaban J connectivity index is 2.01. The number of carbonyl (C=O) groups excluding carboxylic acids is 1. The van der Waals surface area contributed by atoms with Crippen molar-refractivity contribution in [2.75, 3.05) is 43.5 Å². The minimum absolute atomic E-state index is 0.0604. The molecule has 1 fully saturated rings. The number of aromatic nitrogens is 3. The van der Waals surface area contributed by atoms with Crippen LogP contribution in [0.3, 0.4) is 0 Å². The van der Waals surface area contributed by atoms with E-state index >= 15 is 0 Å². The molecule has 8 nitrogen and oxygen atoms in total. The molecule has 21 heavy (non-hydrogen) atoms. The topological polar surface area (TPSA) is 106 Å². The number of rotatable bonds is 6. The van der Waals surface area contributed by atoms with E-state index in [1.54, 1.807) is 0 Å². The van der Waals surface area contributed by atoms with Crippen molar-refractivity contribution in [3.05, 3.63) is 5.82 Å². The van der Waals surface area contributed by atoms with Crippen molar-refractivity contribution in [1.82, 2.24) is 20.3 Å². The maximum atomic E-state index is 12.0. The lowest BCUT2D eigenvalue weighted by atomic mass is 10.2. The second-order valence-corrected chi connectivity index (χ2v) is 4.88. The van der Waals surface area contributed by atoms with Gasteiger partial charge in [0.1, 0.15) is 0 Å². The quantitative estimate of drug-likeness (QED) is 0.722. The fraction of sp³-hybridized carbons (Fsp3) is 0.692. The lowest BCUT2D eigenvalue weighted by Gasteiger charge is -2.26. The summed E-state index contributed by atoms with van der Waals surface area (Å²) in [6, 6.07) is 0. The van der Waals surface area contributed by atoms with E-state index in [9.17, 15) is 4.79 Å². The van der Waals surface area contributed by atoms with Crippen LogP contribution < -0.4 is 16.0 Å². The molecular weight excluding hydrogens is 272 g/mol. The normalized spacial score (nSPS) is 15.0. The highest BCUT2D eigenvalue weighted by atomic mass is 16.5. The number of anilines is 2. The lowest BCUT2D eigenvalue weighted by Crippen LogP contribution is -2.38. The van der Waals surface area contributed by atoms with Gasteiger partial charge in [-0.2, -0.15) is 15.0 Å². The predicted octanol–water partition coefficient (Wildman–Crippen LogP) is 0.210. The van der Waals surface area contributed by atoms with Crippen LogP contribution in [0, 0.1) is 0 Å².